The van der Waals surface area contributed by atoms with Crippen molar-refractivity contribution in [2.24, 2.45) is 5.92 Å². The van der Waals surface area contributed by atoms with Gasteiger partial charge in [0, 0.05) is 32.7 Å². The largest absolute Gasteiger partial charge is 0.380 e. The maximum Gasteiger partial charge on any atom is 0.226 e. The first-order valence-electron chi connectivity index (χ1n) is 5.71. The summed E-state index contributed by atoms with van der Waals surface area (Å²) in [6.45, 7) is 7.31. The van der Waals surface area contributed by atoms with Gasteiger partial charge in [-0.2, -0.15) is 0 Å². The van der Waals surface area contributed by atoms with Crippen LogP contribution in [0.1, 0.15) is 20.3 Å². The van der Waals surface area contributed by atoms with Crippen LogP contribution in [-0.2, 0) is 9.53 Å². The van der Waals surface area contributed by atoms with Crippen molar-refractivity contribution < 1.29 is 9.53 Å². The van der Waals surface area contributed by atoms with Gasteiger partial charge in [-0.15, -0.1) is 0 Å². The number of rotatable bonds is 5. The summed E-state index contributed by atoms with van der Waals surface area (Å²) < 4.78 is 5.24. The lowest BCUT2D eigenvalue weighted by Gasteiger charge is -2.20. The summed E-state index contributed by atoms with van der Waals surface area (Å²) in [5.74, 6) is 0.316. The van der Waals surface area contributed by atoms with Crippen molar-refractivity contribution in [1.29, 1.82) is 0 Å². The van der Waals surface area contributed by atoms with Gasteiger partial charge < -0.3 is 15.0 Å². The molecule has 0 aromatic rings. The molecule has 0 bridgehead atoms. The number of amides is 1. The molecule has 88 valence electrons. The van der Waals surface area contributed by atoms with Crippen molar-refractivity contribution in [3.8, 4) is 0 Å². The van der Waals surface area contributed by atoms with Crippen molar-refractivity contribution in [2.75, 3.05) is 33.3 Å². The van der Waals surface area contributed by atoms with Crippen molar-refractivity contribution in [3.63, 3.8) is 0 Å². The standard InChI is InChI=1S/C11H22N2O2/c1-4-12-7-9(2)11(14)13-6-5-10(8-13)15-3/h9-10,12H,4-8H2,1-3H3. The van der Waals surface area contributed by atoms with Crippen LogP contribution in [0, 0.1) is 5.92 Å². The molecule has 1 saturated heterocycles. The van der Waals surface area contributed by atoms with Crippen molar-refractivity contribution in [3.05, 3.63) is 0 Å². The molecule has 1 N–H and O–H groups in total. The topological polar surface area (TPSA) is 41.6 Å². The van der Waals surface area contributed by atoms with Gasteiger partial charge in [0.1, 0.15) is 0 Å². The van der Waals surface area contributed by atoms with E-state index < -0.39 is 0 Å². The highest BCUT2D eigenvalue weighted by Gasteiger charge is 2.28. The van der Waals surface area contributed by atoms with Gasteiger partial charge in [0.2, 0.25) is 5.91 Å². The van der Waals surface area contributed by atoms with Crippen LogP contribution in [0.3, 0.4) is 0 Å². The van der Waals surface area contributed by atoms with Crippen molar-refractivity contribution in [2.45, 2.75) is 26.4 Å². The highest BCUT2D eigenvalue weighted by molar-refractivity contribution is 5.79. The Morgan fingerprint density at radius 2 is 2.40 bits per heavy atom. The van der Waals surface area contributed by atoms with E-state index in [0.717, 1.165) is 32.6 Å². The molecule has 1 aliphatic heterocycles. The highest BCUT2D eigenvalue weighted by Crippen LogP contribution is 2.14. The number of nitrogens with zero attached hydrogens (tertiary/aromatic N) is 1. The minimum atomic E-state index is 0.0700. The molecule has 15 heavy (non-hydrogen) atoms. The molecular formula is C11H22N2O2. The number of methoxy groups -OCH3 is 1. The number of likely N-dealkylation sites (tertiary alicyclic amines) is 1. The second-order valence-electron chi connectivity index (χ2n) is 4.14. The van der Waals surface area contributed by atoms with Crippen LogP contribution in [0.4, 0.5) is 0 Å². The van der Waals surface area contributed by atoms with Crippen LogP contribution in [0.5, 0.6) is 0 Å². The maximum atomic E-state index is 11.9. The van der Waals surface area contributed by atoms with E-state index in [0.29, 0.717) is 0 Å². The molecule has 1 heterocycles. The van der Waals surface area contributed by atoms with E-state index in [1.807, 2.05) is 18.7 Å². The van der Waals surface area contributed by atoms with Gasteiger partial charge in [0.25, 0.3) is 0 Å². The summed E-state index contributed by atoms with van der Waals surface area (Å²) in [7, 11) is 1.71. The number of carbonyl (C=O) groups excluding carboxylic acids is 1. The third-order valence-electron chi connectivity index (χ3n) is 2.91. The van der Waals surface area contributed by atoms with Crippen LogP contribution in [0.2, 0.25) is 0 Å². The zero-order chi connectivity index (χ0) is 11.3. The molecule has 1 rings (SSSR count). The van der Waals surface area contributed by atoms with E-state index >= 15 is 0 Å². The molecule has 0 saturated carbocycles. The van der Waals surface area contributed by atoms with Gasteiger partial charge in [-0.25, -0.2) is 0 Å². The molecular weight excluding hydrogens is 192 g/mol. The Morgan fingerprint density at radius 3 is 2.93 bits per heavy atom. The van der Waals surface area contributed by atoms with Crippen LogP contribution in [0.15, 0.2) is 0 Å². The fourth-order valence-electron chi connectivity index (χ4n) is 1.88. The van der Waals surface area contributed by atoms with E-state index in [-0.39, 0.29) is 17.9 Å². The van der Waals surface area contributed by atoms with Crippen LogP contribution >= 0.6 is 0 Å². The maximum absolute atomic E-state index is 11.9. The fraction of sp³-hybridized carbons (Fsp3) is 0.909. The smallest absolute Gasteiger partial charge is 0.226 e. The van der Waals surface area contributed by atoms with Gasteiger partial charge in [0.05, 0.1) is 6.10 Å². The Balaban J connectivity index is 2.33. The summed E-state index contributed by atoms with van der Waals surface area (Å²) >= 11 is 0. The molecule has 1 fully saturated rings. The molecule has 1 aliphatic rings. The molecule has 4 heteroatoms. The van der Waals surface area contributed by atoms with Crippen molar-refractivity contribution in [1.82, 2.24) is 10.2 Å². The Morgan fingerprint density at radius 1 is 1.67 bits per heavy atom. The van der Waals surface area contributed by atoms with Crippen LogP contribution in [-0.4, -0.2) is 50.2 Å². The van der Waals surface area contributed by atoms with Gasteiger partial charge in [-0.3, -0.25) is 4.79 Å². The van der Waals surface area contributed by atoms with E-state index in [4.69, 9.17) is 4.74 Å². The lowest BCUT2D eigenvalue weighted by molar-refractivity contribution is -0.134. The minimum absolute atomic E-state index is 0.0700. The number of ether oxygens (including phenoxy) is 1. The summed E-state index contributed by atoms with van der Waals surface area (Å²) in [5.41, 5.74) is 0. The second-order valence-corrected chi connectivity index (χ2v) is 4.14. The zero-order valence-electron chi connectivity index (χ0n) is 9.95. The van der Waals surface area contributed by atoms with Crippen LogP contribution in [0.25, 0.3) is 0 Å². The summed E-state index contributed by atoms with van der Waals surface area (Å²) in [4.78, 5) is 13.9. The zero-order valence-corrected chi connectivity index (χ0v) is 9.95. The molecule has 0 aliphatic carbocycles. The Labute approximate surface area is 92.0 Å². The molecule has 0 spiro atoms. The molecule has 2 unspecified atom stereocenters. The molecule has 1 amide bonds. The summed E-state index contributed by atoms with van der Waals surface area (Å²) in [5, 5.41) is 3.20. The third kappa shape index (κ3) is 3.47. The summed E-state index contributed by atoms with van der Waals surface area (Å²) in [6.07, 6.45) is 1.20. The first-order chi connectivity index (χ1) is 7.19. The van der Waals surface area contributed by atoms with Gasteiger partial charge in [-0.1, -0.05) is 13.8 Å². The second kappa shape index (κ2) is 6.08. The third-order valence-corrected chi connectivity index (χ3v) is 2.91. The minimum Gasteiger partial charge on any atom is -0.380 e. The molecule has 0 radical (unpaired) electrons. The number of carbonyl (C=O) groups is 1. The fourth-order valence-corrected chi connectivity index (χ4v) is 1.88. The monoisotopic (exact) mass is 214 g/mol. The van der Waals surface area contributed by atoms with Gasteiger partial charge in [-0.05, 0) is 13.0 Å². The highest BCUT2D eigenvalue weighted by atomic mass is 16.5. The average Bonchev–Trinajstić information content (AvgIpc) is 2.73. The Hall–Kier alpha value is -0.610. The number of hydrogen-bond acceptors (Lipinski definition) is 3. The normalized spacial score (nSPS) is 23.1. The molecule has 0 aromatic heterocycles. The predicted molar refractivity (Wildman–Crippen MR) is 59.7 cm³/mol. The van der Waals surface area contributed by atoms with Gasteiger partial charge in [0.15, 0.2) is 0 Å². The molecule has 0 aromatic carbocycles. The van der Waals surface area contributed by atoms with E-state index in [9.17, 15) is 4.79 Å². The van der Waals surface area contributed by atoms with E-state index in [2.05, 4.69) is 5.32 Å². The van der Waals surface area contributed by atoms with Crippen molar-refractivity contribution >= 4 is 5.91 Å². The number of hydrogen-bond donors (Lipinski definition) is 1. The lowest BCUT2D eigenvalue weighted by Crippen LogP contribution is -2.38. The molecule has 2 atom stereocenters. The average molecular weight is 214 g/mol. The van der Waals surface area contributed by atoms with Crippen LogP contribution < -0.4 is 5.32 Å². The van der Waals surface area contributed by atoms with Gasteiger partial charge >= 0.3 is 0 Å². The van der Waals surface area contributed by atoms with E-state index in [1.54, 1.807) is 7.11 Å². The Bertz CT molecular complexity index is 209. The number of nitrogens with one attached hydrogen (secondary N) is 1. The quantitative estimate of drug-likeness (QED) is 0.724. The first kappa shape index (κ1) is 12.5. The summed E-state index contributed by atoms with van der Waals surface area (Å²) in [6, 6.07) is 0. The first-order valence-corrected chi connectivity index (χ1v) is 5.71. The molecule has 4 nitrogen and oxygen atoms in total. The Kier molecular flexibility index (Phi) is 5.05. The lowest BCUT2D eigenvalue weighted by atomic mass is 10.1. The van der Waals surface area contributed by atoms with E-state index in [1.165, 1.54) is 0 Å². The predicted octanol–water partition coefficient (Wildman–Crippen LogP) is 0.479. The SMILES string of the molecule is CCNCC(C)C(=O)N1CCC(OC)C1.